The van der Waals surface area contributed by atoms with Crippen LogP contribution in [-0.4, -0.2) is 19.6 Å². The lowest BCUT2D eigenvalue weighted by Gasteiger charge is -2.12. The minimum atomic E-state index is 0.0915. The Morgan fingerprint density at radius 1 is 1.47 bits per heavy atom. The zero-order valence-electron chi connectivity index (χ0n) is 9.04. The van der Waals surface area contributed by atoms with Crippen LogP contribution in [0.1, 0.15) is 24.0 Å². The highest BCUT2D eigenvalue weighted by Gasteiger charge is 2.18. The van der Waals surface area contributed by atoms with Gasteiger partial charge in [-0.2, -0.15) is 0 Å². The number of rotatable bonds is 1. The summed E-state index contributed by atoms with van der Waals surface area (Å²) in [5, 5.41) is 2.90. The summed E-state index contributed by atoms with van der Waals surface area (Å²) in [4.78, 5) is 11.4. The van der Waals surface area contributed by atoms with Crippen LogP contribution in [0.15, 0.2) is 18.2 Å². The standard InChI is InChI=1S/C12H15NO2/c1-8-7-13-12(14)6-9-5-10(15-2)3-4-11(8)9/h3-5,8H,6-7H2,1-2H3,(H,13,14). The van der Waals surface area contributed by atoms with Crippen molar-refractivity contribution in [3.8, 4) is 5.75 Å². The summed E-state index contributed by atoms with van der Waals surface area (Å²) in [7, 11) is 1.64. The third-order valence-electron chi connectivity index (χ3n) is 2.84. The van der Waals surface area contributed by atoms with Gasteiger partial charge in [-0.15, -0.1) is 0 Å². The first-order valence-corrected chi connectivity index (χ1v) is 5.14. The van der Waals surface area contributed by atoms with E-state index in [1.807, 2.05) is 12.1 Å². The predicted octanol–water partition coefficient (Wildman–Crippen LogP) is 1.47. The number of nitrogens with one attached hydrogen (secondary N) is 1. The first-order valence-electron chi connectivity index (χ1n) is 5.14. The van der Waals surface area contributed by atoms with Crippen molar-refractivity contribution in [2.24, 2.45) is 0 Å². The average Bonchev–Trinajstić information content (AvgIpc) is 2.38. The highest BCUT2D eigenvalue weighted by Crippen LogP contribution is 2.26. The molecule has 1 aromatic rings. The van der Waals surface area contributed by atoms with Gasteiger partial charge in [-0.25, -0.2) is 0 Å². The van der Waals surface area contributed by atoms with E-state index in [0.29, 0.717) is 12.3 Å². The Balaban J connectivity index is 2.43. The fourth-order valence-electron chi connectivity index (χ4n) is 1.96. The number of ether oxygens (including phenoxy) is 1. The van der Waals surface area contributed by atoms with Gasteiger partial charge in [-0.1, -0.05) is 13.0 Å². The van der Waals surface area contributed by atoms with Gasteiger partial charge in [0, 0.05) is 6.54 Å². The van der Waals surface area contributed by atoms with Crippen LogP contribution in [0.4, 0.5) is 0 Å². The minimum Gasteiger partial charge on any atom is -0.497 e. The van der Waals surface area contributed by atoms with Crippen LogP contribution >= 0.6 is 0 Å². The van der Waals surface area contributed by atoms with Gasteiger partial charge in [0.25, 0.3) is 0 Å². The van der Waals surface area contributed by atoms with Crippen LogP contribution in [0, 0.1) is 0 Å². The summed E-state index contributed by atoms with van der Waals surface area (Å²) in [5.74, 6) is 1.28. The lowest BCUT2D eigenvalue weighted by atomic mass is 9.95. The zero-order valence-corrected chi connectivity index (χ0v) is 9.04. The maximum absolute atomic E-state index is 11.4. The molecule has 0 radical (unpaired) electrons. The molecule has 1 amide bonds. The molecule has 0 saturated heterocycles. The molecule has 1 heterocycles. The zero-order chi connectivity index (χ0) is 10.8. The smallest absolute Gasteiger partial charge is 0.224 e. The second kappa shape index (κ2) is 3.93. The van der Waals surface area contributed by atoms with Crippen molar-refractivity contribution >= 4 is 5.91 Å². The fraction of sp³-hybridized carbons (Fsp3) is 0.417. The van der Waals surface area contributed by atoms with Gasteiger partial charge in [0.15, 0.2) is 0 Å². The summed E-state index contributed by atoms with van der Waals surface area (Å²) in [5.41, 5.74) is 2.33. The highest BCUT2D eigenvalue weighted by atomic mass is 16.5. The SMILES string of the molecule is COc1ccc2c(c1)CC(=O)NCC2C. The third-order valence-corrected chi connectivity index (χ3v) is 2.84. The topological polar surface area (TPSA) is 38.3 Å². The highest BCUT2D eigenvalue weighted by molar-refractivity contribution is 5.80. The van der Waals surface area contributed by atoms with E-state index in [0.717, 1.165) is 17.9 Å². The number of hydrogen-bond acceptors (Lipinski definition) is 2. The number of methoxy groups -OCH3 is 1. The first kappa shape index (κ1) is 10.0. The third kappa shape index (κ3) is 1.96. The molecule has 0 aromatic heterocycles. The Labute approximate surface area is 89.4 Å². The minimum absolute atomic E-state index is 0.0915. The quantitative estimate of drug-likeness (QED) is 0.754. The van der Waals surface area contributed by atoms with Gasteiger partial charge in [0.05, 0.1) is 13.5 Å². The second-order valence-electron chi connectivity index (χ2n) is 3.95. The molecule has 1 N–H and O–H groups in total. The largest absolute Gasteiger partial charge is 0.497 e. The van der Waals surface area contributed by atoms with Gasteiger partial charge in [0.1, 0.15) is 5.75 Å². The maximum Gasteiger partial charge on any atom is 0.224 e. The molecule has 1 aliphatic heterocycles. The second-order valence-corrected chi connectivity index (χ2v) is 3.95. The Morgan fingerprint density at radius 3 is 3.00 bits per heavy atom. The van der Waals surface area contributed by atoms with E-state index in [4.69, 9.17) is 4.74 Å². The molecule has 3 nitrogen and oxygen atoms in total. The van der Waals surface area contributed by atoms with E-state index in [1.165, 1.54) is 5.56 Å². The van der Waals surface area contributed by atoms with Gasteiger partial charge in [0.2, 0.25) is 5.91 Å². The van der Waals surface area contributed by atoms with Crippen LogP contribution in [0.2, 0.25) is 0 Å². The van der Waals surface area contributed by atoms with Crippen molar-refractivity contribution in [3.63, 3.8) is 0 Å². The number of carbonyl (C=O) groups is 1. The van der Waals surface area contributed by atoms with Crippen molar-refractivity contribution in [3.05, 3.63) is 29.3 Å². The average molecular weight is 205 g/mol. The summed E-state index contributed by atoms with van der Waals surface area (Å²) in [6, 6.07) is 5.96. The van der Waals surface area contributed by atoms with Crippen LogP contribution in [0.25, 0.3) is 0 Å². The van der Waals surface area contributed by atoms with Crippen LogP contribution in [-0.2, 0) is 11.2 Å². The molecule has 15 heavy (non-hydrogen) atoms. The molecule has 1 aliphatic rings. The number of fused-ring (bicyclic) bond motifs is 1. The van der Waals surface area contributed by atoms with Crippen molar-refractivity contribution in [1.82, 2.24) is 5.32 Å². The molecule has 1 aromatic carbocycles. The Hall–Kier alpha value is -1.51. The Bertz CT molecular complexity index is 387. The van der Waals surface area contributed by atoms with E-state index in [9.17, 15) is 4.79 Å². The molecule has 1 unspecified atom stereocenters. The molecule has 0 fully saturated rings. The molecule has 80 valence electrons. The fourth-order valence-corrected chi connectivity index (χ4v) is 1.96. The summed E-state index contributed by atoms with van der Waals surface area (Å²) in [6.45, 7) is 2.84. The normalized spacial score (nSPS) is 20.1. The van der Waals surface area contributed by atoms with Crippen LogP contribution in [0.3, 0.4) is 0 Å². The summed E-state index contributed by atoms with van der Waals surface area (Å²) in [6.07, 6.45) is 0.455. The van der Waals surface area contributed by atoms with Crippen LogP contribution < -0.4 is 10.1 Å². The van der Waals surface area contributed by atoms with Gasteiger partial charge in [-0.3, -0.25) is 4.79 Å². The van der Waals surface area contributed by atoms with Crippen molar-refractivity contribution < 1.29 is 9.53 Å². The lowest BCUT2D eigenvalue weighted by Crippen LogP contribution is -2.25. The molecule has 0 aliphatic carbocycles. The van der Waals surface area contributed by atoms with E-state index in [1.54, 1.807) is 7.11 Å². The molecule has 0 bridgehead atoms. The van der Waals surface area contributed by atoms with Gasteiger partial charge < -0.3 is 10.1 Å². The monoisotopic (exact) mass is 205 g/mol. The molecule has 0 saturated carbocycles. The molecule has 3 heteroatoms. The summed E-state index contributed by atoms with van der Waals surface area (Å²) >= 11 is 0. The lowest BCUT2D eigenvalue weighted by molar-refractivity contribution is -0.120. The van der Waals surface area contributed by atoms with Crippen molar-refractivity contribution in [2.75, 3.05) is 13.7 Å². The first-order chi connectivity index (χ1) is 7.20. The van der Waals surface area contributed by atoms with E-state index >= 15 is 0 Å². The molecule has 0 spiro atoms. The van der Waals surface area contributed by atoms with E-state index < -0.39 is 0 Å². The molecular formula is C12H15NO2. The van der Waals surface area contributed by atoms with Crippen LogP contribution in [0.5, 0.6) is 5.75 Å². The maximum atomic E-state index is 11.4. The van der Waals surface area contributed by atoms with Crippen molar-refractivity contribution in [1.29, 1.82) is 0 Å². The predicted molar refractivity (Wildman–Crippen MR) is 58.1 cm³/mol. The molecule has 2 rings (SSSR count). The number of amides is 1. The number of benzene rings is 1. The molecular weight excluding hydrogens is 190 g/mol. The molecule has 1 atom stereocenters. The number of hydrogen-bond donors (Lipinski definition) is 1. The number of carbonyl (C=O) groups excluding carboxylic acids is 1. The Kier molecular flexibility index (Phi) is 2.62. The van der Waals surface area contributed by atoms with E-state index in [-0.39, 0.29) is 5.91 Å². The van der Waals surface area contributed by atoms with E-state index in [2.05, 4.69) is 18.3 Å². The van der Waals surface area contributed by atoms with Gasteiger partial charge in [-0.05, 0) is 29.2 Å². The van der Waals surface area contributed by atoms with Gasteiger partial charge >= 0.3 is 0 Å². The summed E-state index contributed by atoms with van der Waals surface area (Å²) < 4.78 is 5.16. The Morgan fingerprint density at radius 2 is 2.27 bits per heavy atom. The van der Waals surface area contributed by atoms with Crippen molar-refractivity contribution in [2.45, 2.75) is 19.3 Å².